The van der Waals surface area contributed by atoms with Gasteiger partial charge in [-0.3, -0.25) is 0 Å². The zero-order chi connectivity index (χ0) is 5.82. The van der Waals surface area contributed by atoms with E-state index < -0.39 is 0 Å². The van der Waals surface area contributed by atoms with E-state index in [1.165, 1.54) is 5.56 Å². The van der Waals surface area contributed by atoms with Crippen molar-refractivity contribution >= 4 is 35.7 Å². The van der Waals surface area contributed by atoms with Crippen molar-refractivity contribution in [1.29, 1.82) is 0 Å². The van der Waals surface area contributed by atoms with Crippen molar-refractivity contribution < 1.29 is 17.0 Å². The van der Waals surface area contributed by atoms with Gasteiger partial charge in [0, 0.05) is 0 Å². The van der Waals surface area contributed by atoms with Crippen LogP contribution in [-0.4, -0.2) is 23.1 Å². The van der Waals surface area contributed by atoms with E-state index in [2.05, 4.69) is 18.7 Å². The fourth-order valence-electron chi connectivity index (χ4n) is 0.529. The van der Waals surface area contributed by atoms with Crippen molar-refractivity contribution in [3.05, 3.63) is 35.9 Å². The van der Waals surface area contributed by atoms with Crippen molar-refractivity contribution in [3.8, 4) is 0 Å². The van der Waals surface area contributed by atoms with Gasteiger partial charge in [-0.1, -0.05) is 0 Å². The molecule has 0 fully saturated rings. The Balaban J connectivity index is 0. The maximum atomic E-state index is 4.09. The van der Waals surface area contributed by atoms with Crippen LogP contribution in [0.25, 0.3) is 0 Å². The molecule has 0 aliphatic carbocycles. The molecule has 0 saturated carbocycles. The molecule has 0 bridgehead atoms. The van der Waals surface area contributed by atoms with Crippen LogP contribution in [0, 0.1) is 6.07 Å². The second-order valence-electron chi connectivity index (χ2n) is 1.57. The van der Waals surface area contributed by atoms with Crippen LogP contribution in [0.5, 0.6) is 0 Å². The average molecular weight is 227 g/mol. The molecule has 3 heteroatoms. The fourth-order valence-corrected chi connectivity index (χ4v) is 0.726. The van der Waals surface area contributed by atoms with Gasteiger partial charge in [0.1, 0.15) is 0 Å². The van der Waals surface area contributed by atoms with E-state index in [4.69, 9.17) is 0 Å². The van der Waals surface area contributed by atoms with E-state index in [0.717, 1.165) is 5.75 Å². The van der Waals surface area contributed by atoms with E-state index in [1.54, 1.807) is 0 Å². The topological polar surface area (TPSA) is 0 Å². The van der Waals surface area contributed by atoms with Gasteiger partial charge in [0.05, 0.1) is 0 Å². The van der Waals surface area contributed by atoms with Crippen LogP contribution < -0.4 is 17.0 Å². The number of hydrogen-bond donors (Lipinski definition) is 1. The van der Waals surface area contributed by atoms with E-state index in [-0.39, 0.29) is 40.0 Å². The fraction of sp³-hybridized carbons (Fsp3) is 0.143. The van der Waals surface area contributed by atoms with Gasteiger partial charge < -0.3 is 17.0 Å². The minimum Gasteiger partial charge on any atom is -1.00 e. The van der Waals surface area contributed by atoms with Crippen LogP contribution in [0.4, 0.5) is 0 Å². The summed E-state index contributed by atoms with van der Waals surface area (Å²) < 4.78 is 0. The molecular formula is C7H7BrMgS. The molecule has 0 aliphatic heterocycles. The van der Waals surface area contributed by atoms with Gasteiger partial charge >= 0.3 is 23.1 Å². The third-order valence-electron chi connectivity index (χ3n) is 0.954. The summed E-state index contributed by atoms with van der Waals surface area (Å²) in [6.45, 7) is 0. The number of halogens is 1. The van der Waals surface area contributed by atoms with Crippen LogP contribution in [-0.2, 0) is 5.75 Å². The molecule has 0 saturated heterocycles. The largest absolute Gasteiger partial charge is 2.00 e. The van der Waals surface area contributed by atoms with Crippen LogP contribution in [0.2, 0.25) is 0 Å². The molecule has 1 aromatic carbocycles. The van der Waals surface area contributed by atoms with Crippen LogP contribution >= 0.6 is 12.6 Å². The van der Waals surface area contributed by atoms with Crippen molar-refractivity contribution in [2.75, 3.05) is 0 Å². The summed E-state index contributed by atoms with van der Waals surface area (Å²) in [6, 6.07) is 10.8. The standard InChI is InChI=1S/C7H7S.BrH.Mg/c8-6-7-4-2-1-3-5-7;;/h1-2,4-5,8H,6H2;1H;/q-1;;+2/p-1. The van der Waals surface area contributed by atoms with Crippen LogP contribution in [0.1, 0.15) is 5.56 Å². The molecule has 0 spiro atoms. The number of hydrogen-bond acceptors (Lipinski definition) is 1. The maximum absolute atomic E-state index is 4.09. The number of benzene rings is 1. The second kappa shape index (κ2) is 7.92. The zero-order valence-corrected chi connectivity index (χ0v) is 9.44. The van der Waals surface area contributed by atoms with E-state index in [1.807, 2.05) is 24.3 Å². The summed E-state index contributed by atoms with van der Waals surface area (Å²) in [5, 5.41) is 0. The predicted octanol–water partition coefficient (Wildman–Crippen LogP) is -1.46. The predicted molar refractivity (Wildman–Crippen MR) is 43.7 cm³/mol. The first-order valence-electron chi connectivity index (χ1n) is 2.49. The molecule has 0 heterocycles. The number of thiol groups is 1. The first kappa shape index (κ1) is 13.4. The quantitative estimate of drug-likeness (QED) is 0.338. The molecule has 0 nitrogen and oxygen atoms in total. The molecule has 0 aromatic heterocycles. The Morgan fingerprint density at radius 1 is 1.50 bits per heavy atom. The SMILES string of the molecule is SCc1c[c-]ccc1.[Br-].[Mg+2]. The summed E-state index contributed by atoms with van der Waals surface area (Å²) in [6.07, 6.45) is 0. The summed E-state index contributed by atoms with van der Waals surface area (Å²) in [4.78, 5) is 0. The van der Waals surface area contributed by atoms with Gasteiger partial charge in [-0.05, 0) is 5.75 Å². The Bertz CT molecular complexity index is 155. The number of rotatable bonds is 1. The summed E-state index contributed by atoms with van der Waals surface area (Å²) in [5.74, 6) is 0.803. The third-order valence-corrected chi connectivity index (χ3v) is 1.32. The monoisotopic (exact) mass is 226 g/mol. The first-order valence-corrected chi connectivity index (χ1v) is 3.12. The van der Waals surface area contributed by atoms with E-state index >= 15 is 0 Å². The molecule has 10 heavy (non-hydrogen) atoms. The Kier molecular flexibility index (Phi) is 10.6. The van der Waals surface area contributed by atoms with Gasteiger partial charge in [0.25, 0.3) is 0 Å². The minimum atomic E-state index is 0. The molecule has 0 atom stereocenters. The van der Waals surface area contributed by atoms with Crippen molar-refractivity contribution in [1.82, 2.24) is 0 Å². The summed E-state index contributed by atoms with van der Waals surface area (Å²) in [7, 11) is 0. The smallest absolute Gasteiger partial charge is 1.00 e. The second-order valence-corrected chi connectivity index (χ2v) is 1.89. The molecule has 50 valence electrons. The minimum absolute atomic E-state index is 0. The van der Waals surface area contributed by atoms with Gasteiger partial charge in [0.2, 0.25) is 0 Å². The Hall–Kier alpha value is 0.816. The molecular weight excluding hydrogens is 220 g/mol. The summed E-state index contributed by atoms with van der Waals surface area (Å²) in [5.41, 5.74) is 1.22. The van der Waals surface area contributed by atoms with Crippen LogP contribution in [0.3, 0.4) is 0 Å². The third kappa shape index (κ3) is 4.60. The molecule has 0 aliphatic rings. The van der Waals surface area contributed by atoms with Crippen LogP contribution in [0.15, 0.2) is 24.3 Å². The van der Waals surface area contributed by atoms with Crippen molar-refractivity contribution in [2.45, 2.75) is 5.75 Å². The van der Waals surface area contributed by atoms with Gasteiger partial charge in [0.15, 0.2) is 0 Å². The van der Waals surface area contributed by atoms with Crippen molar-refractivity contribution in [3.63, 3.8) is 0 Å². The molecule has 0 unspecified atom stereocenters. The molecule has 0 N–H and O–H groups in total. The van der Waals surface area contributed by atoms with Gasteiger partial charge in [-0.2, -0.15) is 43.0 Å². The van der Waals surface area contributed by atoms with Gasteiger partial charge in [-0.15, -0.1) is 5.56 Å². The Morgan fingerprint density at radius 2 is 2.20 bits per heavy atom. The molecule has 1 rings (SSSR count). The zero-order valence-electron chi connectivity index (χ0n) is 5.55. The maximum Gasteiger partial charge on any atom is 2.00 e. The van der Waals surface area contributed by atoms with Gasteiger partial charge in [-0.25, -0.2) is 0 Å². The molecule has 1 aromatic rings. The Labute approximate surface area is 93.7 Å². The normalized spacial score (nSPS) is 7.30. The first-order chi connectivity index (χ1) is 3.93. The molecule has 0 radical (unpaired) electrons. The molecule has 0 amide bonds. The van der Waals surface area contributed by atoms with Crippen molar-refractivity contribution in [2.24, 2.45) is 0 Å². The average Bonchev–Trinajstić information content (AvgIpc) is 1.90. The van der Waals surface area contributed by atoms with E-state index in [0.29, 0.717) is 0 Å². The van der Waals surface area contributed by atoms with E-state index in [9.17, 15) is 0 Å². The summed E-state index contributed by atoms with van der Waals surface area (Å²) >= 11 is 4.09. The Morgan fingerprint density at radius 3 is 2.50 bits per heavy atom.